The van der Waals surface area contributed by atoms with Crippen molar-refractivity contribution < 1.29 is 4.79 Å². The van der Waals surface area contributed by atoms with Gasteiger partial charge in [-0.1, -0.05) is 30.3 Å². The Hall–Kier alpha value is -2.63. The van der Waals surface area contributed by atoms with Gasteiger partial charge in [0.15, 0.2) is 0 Å². The summed E-state index contributed by atoms with van der Waals surface area (Å²) >= 11 is 0. The minimum atomic E-state index is 0. The van der Waals surface area contributed by atoms with Gasteiger partial charge in [0.2, 0.25) is 0 Å². The van der Waals surface area contributed by atoms with E-state index in [9.17, 15) is 4.79 Å². The second-order valence-corrected chi connectivity index (χ2v) is 5.87. The smallest absolute Gasteiger partial charge is 0.254 e. The molecule has 5 nitrogen and oxygen atoms in total. The normalized spacial score (nSPS) is 10.2. The van der Waals surface area contributed by atoms with Gasteiger partial charge in [-0.2, -0.15) is 0 Å². The van der Waals surface area contributed by atoms with Crippen LogP contribution in [0.4, 0.5) is 0 Å². The maximum absolute atomic E-state index is 12.9. The molecular weight excluding hydrogens is 348 g/mol. The third-order valence-electron chi connectivity index (χ3n) is 4.05. The maximum atomic E-state index is 12.9. The highest BCUT2D eigenvalue weighted by Crippen LogP contribution is 2.14. The van der Waals surface area contributed by atoms with Crippen molar-refractivity contribution in [3.05, 3.63) is 84.4 Å². The fourth-order valence-corrected chi connectivity index (χ4v) is 2.71. The van der Waals surface area contributed by atoms with Crippen LogP contribution in [0.15, 0.2) is 73.3 Å². The lowest BCUT2D eigenvalue weighted by molar-refractivity contribution is 0.0742. The van der Waals surface area contributed by atoms with E-state index < -0.39 is 0 Å². The zero-order valence-corrected chi connectivity index (χ0v) is 15.3. The van der Waals surface area contributed by atoms with Crippen molar-refractivity contribution in [2.24, 2.45) is 5.73 Å². The highest BCUT2D eigenvalue weighted by atomic mass is 35.5. The van der Waals surface area contributed by atoms with Crippen LogP contribution in [-0.2, 0) is 6.54 Å². The SMILES string of the molecule is Cl.NCCCN(Cc1ccccc1)C(=O)c1ccc(-n2ccnc2)cc1. The van der Waals surface area contributed by atoms with Crippen LogP contribution in [0.5, 0.6) is 0 Å². The maximum Gasteiger partial charge on any atom is 0.254 e. The van der Waals surface area contributed by atoms with Crippen molar-refractivity contribution >= 4 is 18.3 Å². The van der Waals surface area contributed by atoms with E-state index in [1.54, 1.807) is 12.5 Å². The van der Waals surface area contributed by atoms with Crippen molar-refractivity contribution in [1.82, 2.24) is 14.5 Å². The molecule has 26 heavy (non-hydrogen) atoms. The Kier molecular flexibility index (Phi) is 7.38. The average molecular weight is 371 g/mol. The van der Waals surface area contributed by atoms with Gasteiger partial charge >= 0.3 is 0 Å². The number of aromatic nitrogens is 2. The summed E-state index contributed by atoms with van der Waals surface area (Å²) in [6.45, 7) is 1.80. The molecule has 0 saturated carbocycles. The predicted molar refractivity (Wildman–Crippen MR) is 106 cm³/mol. The molecule has 3 rings (SSSR count). The van der Waals surface area contributed by atoms with Gasteiger partial charge in [0.1, 0.15) is 0 Å². The summed E-state index contributed by atoms with van der Waals surface area (Å²) in [6.07, 6.45) is 6.12. The van der Waals surface area contributed by atoms with E-state index in [1.165, 1.54) is 0 Å². The summed E-state index contributed by atoms with van der Waals surface area (Å²) in [5.74, 6) is 0.0227. The van der Waals surface area contributed by atoms with Crippen molar-refractivity contribution in [2.75, 3.05) is 13.1 Å². The summed E-state index contributed by atoms with van der Waals surface area (Å²) in [5.41, 5.74) is 8.41. The Bertz CT molecular complexity index is 788. The summed E-state index contributed by atoms with van der Waals surface area (Å²) in [7, 11) is 0. The molecule has 6 heteroatoms. The topological polar surface area (TPSA) is 64.2 Å². The second-order valence-electron chi connectivity index (χ2n) is 5.87. The molecule has 0 aliphatic carbocycles. The second kappa shape index (κ2) is 9.75. The fraction of sp³-hybridized carbons (Fsp3) is 0.200. The van der Waals surface area contributed by atoms with Crippen LogP contribution in [0.2, 0.25) is 0 Å². The molecule has 1 amide bonds. The lowest BCUT2D eigenvalue weighted by Crippen LogP contribution is -2.32. The van der Waals surface area contributed by atoms with E-state index in [1.807, 2.05) is 70.3 Å². The van der Waals surface area contributed by atoms with Crippen molar-refractivity contribution in [2.45, 2.75) is 13.0 Å². The van der Waals surface area contributed by atoms with Crippen molar-refractivity contribution in [3.8, 4) is 5.69 Å². The highest BCUT2D eigenvalue weighted by Gasteiger charge is 2.16. The van der Waals surface area contributed by atoms with E-state index in [0.29, 0.717) is 25.2 Å². The van der Waals surface area contributed by atoms with E-state index in [4.69, 9.17) is 5.73 Å². The first kappa shape index (κ1) is 19.7. The number of benzene rings is 2. The highest BCUT2D eigenvalue weighted by molar-refractivity contribution is 5.94. The largest absolute Gasteiger partial charge is 0.334 e. The number of hydrogen-bond donors (Lipinski definition) is 1. The molecule has 0 spiro atoms. The Morgan fingerprint density at radius 2 is 1.81 bits per heavy atom. The molecule has 136 valence electrons. The summed E-state index contributed by atoms with van der Waals surface area (Å²) in [6, 6.07) is 17.6. The molecule has 2 aromatic carbocycles. The third-order valence-corrected chi connectivity index (χ3v) is 4.05. The molecule has 0 radical (unpaired) electrons. The lowest BCUT2D eigenvalue weighted by Gasteiger charge is -2.23. The monoisotopic (exact) mass is 370 g/mol. The number of nitrogens with zero attached hydrogens (tertiary/aromatic N) is 3. The summed E-state index contributed by atoms with van der Waals surface area (Å²) in [5, 5.41) is 0. The lowest BCUT2D eigenvalue weighted by atomic mass is 10.1. The first-order valence-electron chi connectivity index (χ1n) is 8.39. The third kappa shape index (κ3) is 4.94. The Morgan fingerprint density at radius 1 is 1.08 bits per heavy atom. The Balaban J connectivity index is 0.00000243. The van der Waals surface area contributed by atoms with Crippen LogP contribution in [0, 0.1) is 0 Å². The molecule has 3 aromatic rings. The molecule has 0 aliphatic heterocycles. The van der Waals surface area contributed by atoms with Gasteiger partial charge in [0, 0.05) is 36.7 Å². The summed E-state index contributed by atoms with van der Waals surface area (Å²) < 4.78 is 1.91. The van der Waals surface area contributed by atoms with Crippen molar-refractivity contribution in [1.29, 1.82) is 0 Å². The molecule has 0 saturated heterocycles. The predicted octanol–water partition coefficient (Wildman–Crippen LogP) is 3.29. The number of amides is 1. The average Bonchev–Trinajstić information content (AvgIpc) is 3.20. The van der Waals surface area contributed by atoms with Gasteiger partial charge in [-0.15, -0.1) is 12.4 Å². The number of imidazole rings is 1. The van der Waals surface area contributed by atoms with Crippen LogP contribution in [0.1, 0.15) is 22.3 Å². The van der Waals surface area contributed by atoms with Gasteiger partial charge in [0.25, 0.3) is 5.91 Å². The zero-order valence-electron chi connectivity index (χ0n) is 14.5. The number of halogens is 1. The molecule has 0 aliphatic rings. The standard InChI is InChI=1S/C20H22N4O.ClH/c21-11-4-13-23(15-17-5-2-1-3-6-17)20(25)18-7-9-19(10-8-18)24-14-12-22-16-24;/h1-3,5-10,12,14,16H,4,11,13,15,21H2;1H. The van der Waals surface area contributed by atoms with E-state index in [2.05, 4.69) is 4.98 Å². The van der Waals surface area contributed by atoms with Gasteiger partial charge < -0.3 is 15.2 Å². The minimum absolute atomic E-state index is 0. The van der Waals surface area contributed by atoms with Crippen LogP contribution in [-0.4, -0.2) is 33.4 Å². The Labute approximate surface area is 159 Å². The number of rotatable bonds is 7. The Morgan fingerprint density at radius 3 is 2.42 bits per heavy atom. The van der Waals surface area contributed by atoms with Crippen LogP contribution >= 0.6 is 12.4 Å². The first-order chi connectivity index (χ1) is 12.3. The zero-order chi connectivity index (χ0) is 17.5. The number of carbonyl (C=O) groups is 1. The quantitative estimate of drug-likeness (QED) is 0.694. The van der Waals surface area contributed by atoms with E-state index in [-0.39, 0.29) is 18.3 Å². The van der Waals surface area contributed by atoms with Crippen LogP contribution < -0.4 is 5.73 Å². The molecule has 1 aromatic heterocycles. The van der Waals surface area contributed by atoms with E-state index >= 15 is 0 Å². The van der Waals surface area contributed by atoms with Gasteiger partial charge in [-0.3, -0.25) is 4.79 Å². The fourth-order valence-electron chi connectivity index (χ4n) is 2.71. The minimum Gasteiger partial charge on any atom is -0.334 e. The van der Waals surface area contributed by atoms with Crippen LogP contribution in [0.3, 0.4) is 0 Å². The molecule has 0 atom stereocenters. The molecule has 2 N–H and O–H groups in total. The van der Waals surface area contributed by atoms with Gasteiger partial charge in [-0.05, 0) is 42.8 Å². The van der Waals surface area contributed by atoms with Gasteiger partial charge in [-0.25, -0.2) is 4.98 Å². The molecular formula is C20H23ClN4O. The molecule has 0 fully saturated rings. The molecule has 0 bridgehead atoms. The summed E-state index contributed by atoms with van der Waals surface area (Å²) in [4.78, 5) is 18.8. The van der Waals surface area contributed by atoms with Gasteiger partial charge in [0.05, 0.1) is 6.33 Å². The molecule has 1 heterocycles. The number of carbonyl (C=O) groups excluding carboxylic acids is 1. The van der Waals surface area contributed by atoms with Crippen LogP contribution in [0.25, 0.3) is 5.69 Å². The number of hydrogen-bond acceptors (Lipinski definition) is 3. The van der Waals surface area contributed by atoms with Crippen molar-refractivity contribution in [3.63, 3.8) is 0 Å². The van der Waals surface area contributed by atoms with E-state index in [0.717, 1.165) is 17.7 Å². The number of nitrogens with two attached hydrogens (primary N) is 1. The first-order valence-corrected chi connectivity index (χ1v) is 8.39. The molecule has 0 unspecified atom stereocenters.